The molecule has 0 unspecified atom stereocenters. The Balaban J connectivity index is 2.84. The first-order chi connectivity index (χ1) is 7.20. The van der Waals surface area contributed by atoms with Gasteiger partial charge in [0.15, 0.2) is 0 Å². The van der Waals surface area contributed by atoms with Crippen LogP contribution in [-0.2, 0) is 9.47 Å². The van der Waals surface area contributed by atoms with Gasteiger partial charge in [-0.05, 0) is 13.8 Å². The van der Waals surface area contributed by atoms with E-state index < -0.39 is 0 Å². The minimum atomic E-state index is -0.347. The number of ether oxygens (including phenoxy) is 2. The molecule has 1 rings (SSSR count). The summed E-state index contributed by atoms with van der Waals surface area (Å²) < 4.78 is 13.0. The second-order valence-corrected chi connectivity index (χ2v) is 3.57. The number of hydrogen-bond acceptors (Lipinski definition) is 3. The lowest BCUT2D eigenvalue weighted by molar-refractivity contribution is -0.187. The van der Waals surface area contributed by atoms with Gasteiger partial charge in [-0.3, -0.25) is 4.57 Å². The first kappa shape index (κ1) is 12.2. The van der Waals surface area contributed by atoms with Crippen molar-refractivity contribution in [3.8, 4) is 0 Å². The fraction of sp³-hybridized carbons (Fsp3) is 0.727. The topological polar surface area (TPSA) is 36.3 Å². The zero-order valence-electron chi connectivity index (χ0n) is 9.93. The predicted octanol–water partition coefficient (Wildman–Crippen LogP) is 2.54. The number of rotatable bonds is 6. The fourth-order valence-electron chi connectivity index (χ4n) is 1.44. The van der Waals surface area contributed by atoms with E-state index in [1.807, 2.05) is 24.6 Å². The van der Waals surface area contributed by atoms with Gasteiger partial charge in [0.2, 0.25) is 6.41 Å². The number of hydrogen-bond donors (Lipinski definition) is 0. The van der Waals surface area contributed by atoms with Gasteiger partial charge in [-0.15, -0.1) is 0 Å². The molecule has 0 atom stereocenters. The van der Waals surface area contributed by atoms with Crippen LogP contribution < -0.4 is 0 Å². The van der Waals surface area contributed by atoms with Crippen LogP contribution in [0.4, 0.5) is 0 Å². The molecule has 0 aliphatic carbocycles. The van der Waals surface area contributed by atoms with E-state index >= 15 is 0 Å². The Morgan fingerprint density at radius 2 is 1.87 bits per heavy atom. The van der Waals surface area contributed by atoms with Gasteiger partial charge >= 0.3 is 0 Å². The van der Waals surface area contributed by atoms with Gasteiger partial charge < -0.3 is 9.47 Å². The Bertz CT molecular complexity index is 278. The fourth-order valence-corrected chi connectivity index (χ4v) is 1.44. The van der Waals surface area contributed by atoms with Crippen LogP contribution in [0.5, 0.6) is 0 Å². The summed E-state index contributed by atoms with van der Waals surface area (Å²) in [4.78, 5) is 4.30. The Kier molecular flexibility index (Phi) is 4.78. The molecular formula is C11H20N2O2. The first-order valence-corrected chi connectivity index (χ1v) is 5.46. The van der Waals surface area contributed by atoms with Crippen molar-refractivity contribution in [3.63, 3.8) is 0 Å². The second kappa shape index (κ2) is 5.88. The molecule has 0 fully saturated rings. The van der Waals surface area contributed by atoms with Gasteiger partial charge in [0.25, 0.3) is 0 Å². The predicted molar refractivity (Wildman–Crippen MR) is 58.6 cm³/mol. The van der Waals surface area contributed by atoms with E-state index in [1.165, 1.54) is 0 Å². The Labute approximate surface area is 91.2 Å². The lowest BCUT2D eigenvalue weighted by atomic mass is 10.2. The third-order valence-electron chi connectivity index (χ3n) is 2.06. The third-order valence-corrected chi connectivity index (χ3v) is 2.06. The molecule has 0 saturated carbocycles. The van der Waals surface area contributed by atoms with E-state index in [0.29, 0.717) is 19.1 Å². The Hall–Kier alpha value is -0.870. The summed E-state index contributed by atoms with van der Waals surface area (Å²) in [6.07, 6.45) is 3.32. The van der Waals surface area contributed by atoms with Crippen LogP contribution >= 0.6 is 0 Å². The summed E-state index contributed by atoms with van der Waals surface area (Å²) in [6.45, 7) is 9.37. The molecule has 86 valence electrons. The van der Waals surface area contributed by atoms with Crippen LogP contribution in [0.25, 0.3) is 0 Å². The molecule has 15 heavy (non-hydrogen) atoms. The van der Waals surface area contributed by atoms with E-state index in [-0.39, 0.29) is 6.41 Å². The summed E-state index contributed by atoms with van der Waals surface area (Å²) in [5.41, 5.74) is 0. The molecule has 0 bridgehead atoms. The van der Waals surface area contributed by atoms with Crippen LogP contribution in [0.15, 0.2) is 12.4 Å². The SMILES string of the molecule is CCOC(OCC)n1ccnc1C(C)C. The van der Waals surface area contributed by atoms with Crippen molar-refractivity contribution in [1.82, 2.24) is 9.55 Å². The maximum Gasteiger partial charge on any atom is 0.245 e. The molecular weight excluding hydrogens is 192 g/mol. The highest BCUT2D eigenvalue weighted by atomic mass is 16.7. The van der Waals surface area contributed by atoms with E-state index in [1.54, 1.807) is 6.20 Å². The molecule has 4 heteroatoms. The van der Waals surface area contributed by atoms with Crippen LogP contribution in [-0.4, -0.2) is 22.8 Å². The molecule has 0 N–H and O–H groups in total. The molecule has 0 aliphatic rings. The molecule has 1 aromatic heterocycles. The summed E-state index contributed by atoms with van der Waals surface area (Å²) in [5, 5.41) is 0. The van der Waals surface area contributed by atoms with Crippen LogP contribution in [0, 0.1) is 0 Å². The number of aromatic nitrogens is 2. The highest BCUT2D eigenvalue weighted by molar-refractivity contribution is 4.97. The Morgan fingerprint density at radius 3 is 2.33 bits per heavy atom. The van der Waals surface area contributed by atoms with Crippen molar-refractivity contribution >= 4 is 0 Å². The maximum absolute atomic E-state index is 5.52. The van der Waals surface area contributed by atoms with Gasteiger partial charge in [0.05, 0.1) is 0 Å². The maximum atomic E-state index is 5.52. The minimum absolute atomic E-state index is 0.347. The average Bonchev–Trinajstić information content (AvgIpc) is 2.65. The number of nitrogens with zero attached hydrogens (tertiary/aromatic N) is 2. The van der Waals surface area contributed by atoms with Crippen molar-refractivity contribution in [2.45, 2.75) is 40.0 Å². The van der Waals surface area contributed by atoms with Crippen LogP contribution in [0.1, 0.15) is 45.9 Å². The van der Waals surface area contributed by atoms with Crippen molar-refractivity contribution in [1.29, 1.82) is 0 Å². The molecule has 0 saturated heterocycles. The van der Waals surface area contributed by atoms with E-state index in [0.717, 1.165) is 5.82 Å². The second-order valence-electron chi connectivity index (χ2n) is 3.57. The van der Waals surface area contributed by atoms with Gasteiger partial charge in [-0.25, -0.2) is 4.98 Å². The molecule has 4 nitrogen and oxygen atoms in total. The normalized spacial score (nSPS) is 11.6. The minimum Gasteiger partial charge on any atom is -0.335 e. The molecule has 0 radical (unpaired) electrons. The molecule has 0 aliphatic heterocycles. The molecule has 0 amide bonds. The lowest BCUT2D eigenvalue weighted by Gasteiger charge is -2.21. The third kappa shape index (κ3) is 3.04. The van der Waals surface area contributed by atoms with E-state index in [9.17, 15) is 0 Å². The van der Waals surface area contributed by atoms with Gasteiger partial charge in [0.1, 0.15) is 5.82 Å². The van der Waals surface area contributed by atoms with Crippen molar-refractivity contribution in [3.05, 3.63) is 18.2 Å². The smallest absolute Gasteiger partial charge is 0.245 e. The zero-order valence-corrected chi connectivity index (χ0v) is 9.93. The standard InChI is InChI=1S/C11H20N2O2/c1-5-14-11(15-6-2)13-8-7-12-10(13)9(3)4/h7-9,11H,5-6H2,1-4H3. The molecule has 1 heterocycles. The van der Waals surface area contributed by atoms with Crippen molar-refractivity contribution in [2.75, 3.05) is 13.2 Å². The Morgan fingerprint density at radius 1 is 1.27 bits per heavy atom. The number of imidazole rings is 1. The summed E-state index contributed by atoms with van der Waals surface area (Å²) >= 11 is 0. The molecule has 0 aromatic carbocycles. The zero-order chi connectivity index (χ0) is 11.3. The highest BCUT2D eigenvalue weighted by Crippen LogP contribution is 2.19. The highest BCUT2D eigenvalue weighted by Gasteiger charge is 2.16. The van der Waals surface area contributed by atoms with Gasteiger partial charge in [-0.2, -0.15) is 0 Å². The van der Waals surface area contributed by atoms with Gasteiger partial charge in [-0.1, -0.05) is 13.8 Å². The summed E-state index contributed by atoms with van der Waals surface area (Å²) in [6, 6.07) is 0. The quantitative estimate of drug-likeness (QED) is 0.680. The lowest BCUT2D eigenvalue weighted by Crippen LogP contribution is -2.19. The van der Waals surface area contributed by atoms with Crippen molar-refractivity contribution in [2.24, 2.45) is 0 Å². The van der Waals surface area contributed by atoms with E-state index in [4.69, 9.17) is 9.47 Å². The summed E-state index contributed by atoms with van der Waals surface area (Å²) in [5.74, 6) is 1.35. The summed E-state index contributed by atoms with van der Waals surface area (Å²) in [7, 11) is 0. The molecule has 0 spiro atoms. The van der Waals surface area contributed by atoms with Crippen LogP contribution in [0.2, 0.25) is 0 Å². The first-order valence-electron chi connectivity index (χ1n) is 5.46. The average molecular weight is 212 g/mol. The van der Waals surface area contributed by atoms with Crippen molar-refractivity contribution < 1.29 is 9.47 Å². The largest absolute Gasteiger partial charge is 0.335 e. The van der Waals surface area contributed by atoms with Gasteiger partial charge in [0, 0.05) is 31.5 Å². The van der Waals surface area contributed by atoms with E-state index in [2.05, 4.69) is 18.8 Å². The molecule has 1 aromatic rings. The van der Waals surface area contributed by atoms with Crippen LogP contribution in [0.3, 0.4) is 0 Å². The monoisotopic (exact) mass is 212 g/mol.